The van der Waals surface area contributed by atoms with Gasteiger partial charge in [0, 0.05) is 28.6 Å². The Hall–Kier alpha value is -1.48. The molecule has 7 heteroatoms. The summed E-state index contributed by atoms with van der Waals surface area (Å²) in [5.74, 6) is 2.14. The van der Waals surface area contributed by atoms with E-state index < -0.39 is 0 Å². The first kappa shape index (κ1) is 20.6. The molecule has 0 saturated carbocycles. The van der Waals surface area contributed by atoms with Gasteiger partial charge in [-0.25, -0.2) is 0 Å². The number of hydrogen-bond acceptors (Lipinski definition) is 4. The van der Waals surface area contributed by atoms with Crippen LogP contribution in [0.2, 0.25) is 0 Å². The fourth-order valence-corrected chi connectivity index (χ4v) is 2.92. The molecule has 0 unspecified atom stereocenters. The third kappa shape index (κ3) is 5.86. The third-order valence-corrected chi connectivity index (χ3v) is 4.18. The molecule has 0 saturated heterocycles. The van der Waals surface area contributed by atoms with E-state index in [1.165, 1.54) is 9.75 Å². The van der Waals surface area contributed by atoms with Gasteiger partial charge in [-0.15, -0.1) is 35.3 Å². The number of hydrogen-bond donors (Lipinski definition) is 2. The Morgan fingerprint density at radius 2 is 2.00 bits per heavy atom. The van der Waals surface area contributed by atoms with Crippen molar-refractivity contribution in [2.45, 2.75) is 20.4 Å². The second kappa shape index (κ2) is 10.4. The normalized spacial score (nSPS) is 10.8. The first-order chi connectivity index (χ1) is 11.2. The second-order valence-corrected chi connectivity index (χ2v) is 6.23. The molecule has 0 radical (unpaired) electrons. The van der Waals surface area contributed by atoms with E-state index in [1.807, 2.05) is 25.1 Å². The Kier molecular flexibility index (Phi) is 8.91. The molecule has 1 heterocycles. The quantitative estimate of drug-likeness (QED) is 0.384. The van der Waals surface area contributed by atoms with Gasteiger partial charge in [-0.1, -0.05) is 0 Å². The molecule has 1 aromatic heterocycles. The summed E-state index contributed by atoms with van der Waals surface area (Å²) in [6.45, 7) is 5.40. The zero-order chi connectivity index (χ0) is 16.7. The first-order valence-electron chi connectivity index (χ1n) is 7.50. The van der Waals surface area contributed by atoms with Crippen LogP contribution in [0, 0.1) is 6.92 Å². The molecule has 0 bridgehead atoms. The highest BCUT2D eigenvalue weighted by molar-refractivity contribution is 14.0. The van der Waals surface area contributed by atoms with Gasteiger partial charge in [0.05, 0.1) is 20.3 Å². The van der Waals surface area contributed by atoms with E-state index in [4.69, 9.17) is 9.47 Å². The molecule has 0 amide bonds. The fourth-order valence-electron chi connectivity index (χ4n) is 2.09. The molecule has 24 heavy (non-hydrogen) atoms. The van der Waals surface area contributed by atoms with Crippen LogP contribution in [0.5, 0.6) is 11.5 Å². The zero-order valence-electron chi connectivity index (χ0n) is 14.4. The average molecular weight is 461 g/mol. The Bertz CT molecular complexity index is 674. The molecule has 2 N–H and O–H groups in total. The van der Waals surface area contributed by atoms with Crippen LogP contribution in [-0.4, -0.2) is 26.7 Å². The average Bonchev–Trinajstić information content (AvgIpc) is 2.98. The van der Waals surface area contributed by atoms with Crippen LogP contribution in [-0.2, 0) is 6.54 Å². The summed E-state index contributed by atoms with van der Waals surface area (Å²) < 4.78 is 10.9. The Labute approximate surface area is 164 Å². The molecule has 2 rings (SSSR count). The van der Waals surface area contributed by atoms with Crippen molar-refractivity contribution < 1.29 is 9.47 Å². The van der Waals surface area contributed by atoms with Crippen molar-refractivity contribution in [1.82, 2.24) is 5.32 Å². The number of nitrogens with zero attached hydrogens (tertiary/aromatic N) is 1. The maximum absolute atomic E-state index is 5.52. The first-order valence-corrected chi connectivity index (χ1v) is 8.31. The summed E-state index contributed by atoms with van der Waals surface area (Å²) in [6.07, 6.45) is 0. The molecule has 0 fully saturated rings. The number of methoxy groups -OCH3 is 1. The van der Waals surface area contributed by atoms with Gasteiger partial charge in [0.25, 0.3) is 0 Å². The van der Waals surface area contributed by atoms with Gasteiger partial charge >= 0.3 is 0 Å². The van der Waals surface area contributed by atoms with Crippen LogP contribution in [0.15, 0.2) is 35.3 Å². The molecule has 1 aromatic carbocycles. The minimum absolute atomic E-state index is 0. The summed E-state index contributed by atoms with van der Waals surface area (Å²) in [5, 5.41) is 6.56. The van der Waals surface area contributed by atoms with Gasteiger partial charge in [-0.05, 0) is 38.1 Å². The molecule has 5 nitrogen and oxygen atoms in total. The van der Waals surface area contributed by atoms with Crippen LogP contribution >= 0.6 is 35.3 Å². The lowest BCUT2D eigenvalue weighted by Crippen LogP contribution is -2.29. The minimum Gasteiger partial charge on any atom is -0.493 e. The molecule has 0 aliphatic heterocycles. The van der Waals surface area contributed by atoms with E-state index in [1.54, 1.807) is 25.5 Å². The lowest BCUT2D eigenvalue weighted by atomic mass is 10.2. The van der Waals surface area contributed by atoms with Gasteiger partial charge in [0.1, 0.15) is 0 Å². The summed E-state index contributed by atoms with van der Waals surface area (Å²) in [5.41, 5.74) is 0.890. The van der Waals surface area contributed by atoms with Crippen molar-refractivity contribution in [1.29, 1.82) is 0 Å². The van der Waals surface area contributed by atoms with Crippen LogP contribution in [0.25, 0.3) is 0 Å². The van der Waals surface area contributed by atoms with Crippen LogP contribution < -0.4 is 20.1 Å². The number of benzene rings is 1. The van der Waals surface area contributed by atoms with E-state index in [0.29, 0.717) is 18.3 Å². The number of nitrogens with one attached hydrogen (secondary N) is 2. The fraction of sp³-hybridized carbons (Fsp3) is 0.353. The van der Waals surface area contributed by atoms with E-state index >= 15 is 0 Å². The number of aliphatic imine (C=N–C) groups is 1. The number of rotatable bonds is 6. The highest BCUT2D eigenvalue weighted by Crippen LogP contribution is 2.30. The van der Waals surface area contributed by atoms with Gasteiger partial charge in [-0.3, -0.25) is 4.99 Å². The van der Waals surface area contributed by atoms with Crippen LogP contribution in [0.1, 0.15) is 16.7 Å². The largest absolute Gasteiger partial charge is 0.493 e. The SMILES string of the molecule is CCOc1ccc(NC(=NC)NCc2ccc(C)s2)cc1OC.I. The summed E-state index contributed by atoms with van der Waals surface area (Å²) in [4.78, 5) is 6.83. The number of aryl methyl sites for hydroxylation is 1. The van der Waals surface area contributed by atoms with Crippen molar-refractivity contribution in [3.05, 3.63) is 40.1 Å². The number of anilines is 1. The maximum Gasteiger partial charge on any atom is 0.195 e. The molecular weight excluding hydrogens is 437 g/mol. The Morgan fingerprint density at radius 1 is 1.21 bits per heavy atom. The molecule has 132 valence electrons. The highest BCUT2D eigenvalue weighted by atomic mass is 127. The third-order valence-electron chi connectivity index (χ3n) is 3.18. The van der Waals surface area contributed by atoms with Crippen molar-refractivity contribution in [3.63, 3.8) is 0 Å². The summed E-state index contributed by atoms with van der Waals surface area (Å²) >= 11 is 1.78. The minimum atomic E-state index is 0. The monoisotopic (exact) mass is 461 g/mol. The molecular formula is C17H24IN3O2S. The molecule has 0 aliphatic carbocycles. The smallest absolute Gasteiger partial charge is 0.195 e. The Balaban J connectivity index is 0.00000288. The lowest BCUT2D eigenvalue weighted by Gasteiger charge is -2.14. The van der Waals surface area contributed by atoms with E-state index in [-0.39, 0.29) is 24.0 Å². The van der Waals surface area contributed by atoms with Crippen molar-refractivity contribution in [3.8, 4) is 11.5 Å². The topological polar surface area (TPSA) is 54.9 Å². The number of ether oxygens (including phenoxy) is 2. The Morgan fingerprint density at radius 3 is 2.58 bits per heavy atom. The van der Waals surface area contributed by atoms with Gasteiger partial charge in [0.2, 0.25) is 0 Å². The number of guanidine groups is 1. The van der Waals surface area contributed by atoms with Crippen LogP contribution in [0.4, 0.5) is 5.69 Å². The van der Waals surface area contributed by atoms with Crippen molar-refractivity contribution >= 4 is 47.0 Å². The van der Waals surface area contributed by atoms with Gasteiger partial charge < -0.3 is 20.1 Å². The lowest BCUT2D eigenvalue weighted by molar-refractivity contribution is 0.311. The number of thiophene rings is 1. The standard InChI is InChI=1S/C17H23N3O2S.HI/c1-5-22-15-9-7-13(10-16(15)21-4)20-17(18-3)19-11-14-8-6-12(2)23-14;/h6-10H,5,11H2,1-4H3,(H2,18,19,20);1H. The summed E-state index contributed by atoms with van der Waals surface area (Å²) in [7, 11) is 3.38. The maximum atomic E-state index is 5.52. The van der Waals surface area contributed by atoms with E-state index in [2.05, 4.69) is 34.7 Å². The zero-order valence-corrected chi connectivity index (χ0v) is 17.5. The highest BCUT2D eigenvalue weighted by Gasteiger charge is 2.07. The second-order valence-electron chi connectivity index (χ2n) is 4.86. The van der Waals surface area contributed by atoms with Crippen molar-refractivity contribution in [2.75, 3.05) is 26.1 Å². The van der Waals surface area contributed by atoms with E-state index in [9.17, 15) is 0 Å². The molecule has 0 atom stereocenters. The van der Waals surface area contributed by atoms with Gasteiger partial charge in [-0.2, -0.15) is 0 Å². The number of halogens is 1. The van der Waals surface area contributed by atoms with Crippen molar-refractivity contribution in [2.24, 2.45) is 4.99 Å². The summed E-state index contributed by atoms with van der Waals surface area (Å²) in [6, 6.07) is 9.97. The molecule has 2 aromatic rings. The molecule has 0 spiro atoms. The molecule has 0 aliphatic rings. The van der Waals surface area contributed by atoms with E-state index in [0.717, 1.165) is 18.0 Å². The van der Waals surface area contributed by atoms with Gasteiger partial charge in [0.15, 0.2) is 17.5 Å². The predicted molar refractivity (Wildman–Crippen MR) is 112 cm³/mol. The predicted octanol–water partition coefficient (Wildman–Crippen LogP) is 4.27. The van der Waals surface area contributed by atoms with Crippen LogP contribution in [0.3, 0.4) is 0 Å².